The zero-order valence-electron chi connectivity index (χ0n) is 16.9. The van der Waals surface area contributed by atoms with Crippen LogP contribution >= 0.6 is 0 Å². The first kappa shape index (κ1) is 21.7. The maximum absolute atomic E-state index is 12.4. The van der Waals surface area contributed by atoms with Gasteiger partial charge in [0.1, 0.15) is 5.76 Å². The van der Waals surface area contributed by atoms with E-state index in [1.807, 2.05) is 0 Å². The smallest absolute Gasteiger partial charge is 0.306 e. The van der Waals surface area contributed by atoms with Gasteiger partial charge in [0.25, 0.3) is 0 Å². The molecule has 9 nitrogen and oxygen atoms in total. The molecule has 0 unspecified atom stereocenters. The SMILES string of the molecule is COC(=O)C[C@H](c1ccc(OC)c(O)c1)c1oc(CN2CCOCC2)cc(=O)c1O. The van der Waals surface area contributed by atoms with E-state index in [0.717, 1.165) is 0 Å². The molecule has 0 saturated carbocycles. The van der Waals surface area contributed by atoms with Crippen molar-refractivity contribution >= 4 is 5.97 Å². The van der Waals surface area contributed by atoms with Crippen LogP contribution in [0.3, 0.4) is 0 Å². The number of carbonyl (C=O) groups excluding carboxylic acids is 1. The Morgan fingerprint density at radius 2 is 1.93 bits per heavy atom. The van der Waals surface area contributed by atoms with Crippen LogP contribution in [0.15, 0.2) is 33.5 Å². The normalized spacial score (nSPS) is 15.5. The second kappa shape index (κ2) is 9.64. The third-order valence-electron chi connectivity index (χ3n) is 5.00. The fourth-order valence-corrected chi connectivity index (χ4v) is 3.38. The highest BCUT2D eigenvalue weighted by Gasteiger charge is 2.28. The van der Waals surface area contributed by atoms with Gasteiger partial charge in [-0.25, -0.2) is 0 Å². The van der Waals surface area contributed by atoms with Crippen molar-refractivity contribution in [1.29, 1.82) is 0 Å². The fraction of sp³-hybridized carbons (Fsp3) is 0.429. The lowest BCUT2D eigenvalue weighted by atomic mass is 9.92. The Balaban J connectivity index is 2.02. The van der Waals surface area contributed by atoms with Gasteiger partial charge in [-0.2, -0.15) is 0 Å². The summed E-state index contributed by atoms with van der Waals surface area (Å²) >= 11 is 0. The third kappa shape index (κ3) is 4.92. The number of hydrogen-bond donors (Lipinski definition) is 2. The van der Waals surface area contributed by atoms with Crippen LogP contribution in [0.1, 0.15) is 29.4 Å². The van der Waals surface area contributed by atoms with E-state index in [1.165, 1.54) is 32.4 Å². The maximum Gasteiger partial charge on any atom is 0.306 e. The first-order valence-corrected chi connectivity index (χ1v) is 9.52. The molecule has 2 heterocycles. The predicted molar refractivity (Wildman–Crippen MR) is 106 cm³/mol. The Morgan fingerprint density at radius 3 is 2.57 bits per heavy atom. The van der Waals surface area contributed by atoms with Gasteiger partial charge in [0.2, 0.25) is 11.2 Å². The van der Waals surface area contributed by atoms with Crippen LogP contribution in [-0.2, 0) is 20.8 Å². The van der Waals surface area contributed by atoms with Crippen molar-refractivity contribution in [3.63, 3.8) is 0 Å². The molecule has 1 fully saturated rings. The number of aromatic hydroxyl groups is 2. The van der Waals surface area contributed by atoms with Gasteiger partial charge in [0.05, 0.1) is 46.3 Å². The number of morpholine rings is 1. The number of hydrogen-bond acceptors (Lipinski definition) is 9. The van der Waals surface area contributed by atoms with Crippen molar-refractivity contribution in [2.75, 3.05) is 40.5 Å². The lowest BCUT2D eigenvalue weighted by Gasteiger charge is -2.26. The van der Waals surface area contributed by atoms with E-state index < -0.39 is 23.1 Å². The first-order chi connectivity index (χ1) is 14.4. The molecule has 1 atom stereocenters. The van der Waals surface area contributed by atoms with Gasteiger partial charge in [-0.05, 0) is 17.7 Å². The summed E-state index contributed by atoms with van der Waals surface area (Å²) < 4.78 is 21.0. The molecule has 3 rings (SSSR count). The average molecular weight is 419 g/mol. The van der Waals surface area contributed by atoms with E-state index in [0.29, 0.717) is 44.2 Å². The lowest BCUT2D eigenvalue weighted by Crippen LogP contribution is -2.35. The van der Waals surface area contributed by atoms with E-state index in [1.54, 1.807) is 6.07 Å². The monoisotopic (exact) mass is 419 g/mol. The number of rotatable bonds is 7. The van der Waals surface area contributed by atoms with E-state index in [4.69, 9.17) is 18.6 Å². The van der Waals surface area contributed by atoms with E-state index >= 15 is 0 Å². The second-order valence-corrected chi connectivity index (χ2v) is 6.94. The minimum Gasteiger partial charge on any atom is -0.504 e. The van der Waals surface area contributed by atoms with Gasteiger partial charge in [-0.1, -0.05) is 6.07 Å². The Bertz CT molecular complexity index is 949. The van der Waals surface area contributed by atoms with Gasteiger partial charge in [-0.3, -0.25) is 14.5 Å². The zero-order valence-corrected chi connectivity index (χ0v) is 16.9. The number of methoxy groups -OCH3 is 2. The molecule has 2 N–H and O–H groups in total. The number of ether oxygens (including phenoxy) is 3. The van der Waals surface area contributed by atoms with Gasteiger partial charge in [0.15, 0.2) is 17.3 Å². The van der Waals surface area contributed by atoms with Crippen LogP contribution in [0.2, 0.25) is 0 Å². The summed E-state index contributed by atoms with van der Waals surface area (Å²) in [6, 6.07) is 5.80. The molecule has 1 saturated heterocycles. The van der Waals surface area contributed by atoms with Gasteiger partial charge >= 0.3 is 5.97 Å². The molecule has 2 aromatic rings. The fourth-order valence-electron chi connectivity index (χ4n) is 3.38. The Morgan fingerprint density at radius 1 is 1.20 bits per heavy atom. The maximum atomic E-state index is 12.4. The molecule has 0 amide bonds. The molecule has 0 aliphatic carbocycles. The third-order valence-corrected chi connectivity index (χ3v) is 5.00. The van der Waals surface area contributed by atoms with E-state index in [2.05, 4.69) is 4.90 Å². The van der Waals surface area contributed by atoms with Crippen molar-refractivity contribution in [2.24, 2.45) is 0 Å². The van der Waals surface area contributed by atoms with Crippen LogP contribution in [0.25, 0.3) is 0 Å². The molecule has 1 aromatic heterocycles. The number of benzene rings is 1. The molecule has 1 aliphatic heterocycles. The van der Waals surface area contributed by atoms with E-state index in [-0.39, 0.29) is 23.7 Å². The molecule has 0 bridgehead atoms. The standard InChI is InChI=1S/C21H25NO8/c1-27-18-4-3-13(9-16(18)23)15(11-19(25)28-2)21-20(26)17(24)10-14(30-21)12-22-5-7-29-8-6-22/h3-4,9-10,15,23,26H,5-8,11-12H2,1-2H3/t15-/m1/s1. The highest BCUT2D eigenvalue weighted by Crippen LogP contribution is 2.37. The van der Waals surface area contributed by atoms with E-state index in [9.17, 15) is 19.8 Å². The molecule has 1 aromatic carbocycles. The van der Waals surface area contributed by atoms with Crippen molar-refractivity contribution in [2.45, 2.75) is 18.9 Å². The molecule has 0 spiro atoms. The molecular formula is C21H25NO8. The summed E-state index contributed by atoms with van der Waals surface area (Å²) in [5.41, 5.74) is -0.146. The lowest BCUT2D eigenvalue weighted by molar-refractivity contribution is -0.140. The van der Waals surface area contributed by atoms with Gasteiger partial charge in [0, 0.05) is 19.2 Å². The molecule has 0 radical (unpaired) electrons. The average Bonchev–Trinajstić information content (AvgIpc) is 2.75. The Labute approximate surface area is 173 Å². The summed E-state index contributed by atoms with van der Waals surface area (Å²) in [5, 5.41) is 20.6. The predicted octanol–water partition coefficient (Wildman–Crippen LogP) is 1.59. The van der Waals surface area contributed by atoms with Crippen LogP contribution in [-0.4, -0.2) is 61.6 Å². The van der Waals surface area contributed by atoms with Crippen molar-refractivity contribution in [3.05, 3.63) is 51.6 Å². The number of nitrogens with zero attached hydrogens (tertiary/aromatic N) is 1. The molecule has 9 heteroatoms. The molecule has 162 valence electrons. The highest BCUT2D eigenvalue weighted by molar-refractivity contribution is 5.71. The molecular weight excluding hydrogens is 394 g/mol. The Hall–Kier alpha value is -3.04. The largest absolute Gasteiger partial charge is 0.504 e. The zero-order chi connectivity index (χ0) is 21.7. The first-order valence-electron chi connectivity index (χ1n) is 9.52. The minimum atomic E-state index is -0.841. The van der Waals surface area contributed by atoms with Gasteiger partial charge < -0.3 is 28.8 Å². The quantitative estimate of drug-likeness (QED) is 0.645. The van der Waals surface area contributed by atoms with Crippen LogP contribution in [0.4, 0.5) is 0 Å². The summed E-state index contributed by atoms with van der Waals surface area (Å²) in [5.74, 6) is -1.56. The number of phenols is 1. The van der Waals surface area contributed by atoms with Crippen LogP contribution in [0, 0.1) is 0 Å². The molecule has 1 aliphatic rings. The van der Waals surface area contributed by atoms with Gasteiger partial charge in [-0.15, -0.1) is 0 Å². The van der Waals surface area contributed by atoms with Crippen LogP contribution in [0.5, 0.6) is 17.2 Å². The number of esters is 1. The van der Waals surface area contributed by atoms with Crippen molar-refractivity contribution in [3.8, 4) is 17.2 Å². The number of phenolic OH excluding ortho intramolecular Hbond substituents is 1. The summed E-state index contributed by atoms with van der Waals surface area (Å²) in [4.78, 5) is 26.5. The summed E-state index contributed by atoms with van der Waals surface area (Å²) in [6.45, 7) is 2.93. The van der Waals surface area contributed by atoms with Crippen molar-refractivity contribution < 1.29 is 33.6 Å². The number of carbonyl (C=O) groups is 1. The highest BCUT2D eigenvalue weighted by atomic mass is 16.5. The summed E-state index contributed by atoms with van der Waals surface area (Å²) in [7, 11) is 2.66. The Kier molecular flexibility index (Phi) is 6.96. The van der Waals surface area contributed by atoms with Crippen LogP contribution < -0.4 is 10.2 Å². The minimum absolute atomic E-state index is 0.0549. The van der Waals surface area contributed by atoms with Crippen molar-refractivity contribution in [1.82, 2.24) is 4.90 Å². The molecule has 30 heavy (non-hydrogen) atoms. The second-order valence-electron chi connectivity index (χ2n) is 6.94. The topological polar surface area (TPSA) is 119 Å². The summed E-state index contributed by atoms with van der Waals surface area (Å²) in [6.07, 6.45) is -0.195.